The predicted molar refractivity (Wildman–Crippen MR) is 65.1 cm³/mol. The van der Waals surface area contributed by atoms with Crippen molar-refractivity contribution in [2.45, 2.75) is 50.0 Å². The largest absolute Gasteiger partial charge is 0.388 e. The predicted octanol–water partition coefficient (Wildman–Crippen LogP) is 3.42. The Bertz CT molecular complexity index is 302. The SMILES string of the molecule is CC[C@@H](O)c1ccc(SC(C)(C)C)nc1. The lowest BCUT2D eigenvalue weighted by Gasteiger charge is -2.17. The molecule has 0 saturated heterocycles. The third-order valence-electron chi connectivity index (χ3n) is 1.94. The average molecular weight is 225 g/mol. The average Bonchev–Trinajstić information content (AvgIpc) is 2.15. The minimum atomic E-state index is -0.383. The van der Waals surface area contributed by atoms with Crippen LogP contribution in [0.3, 0.4) is 0 Å². The smallest absolute Gasteiger partial charge is 0.0965 e. The summed E-state index contributed by atoms with van der Waals surface area (Å²) in [4.78, 5) is 4.34. The van der Waals surface area contributed by atoms with Crippen LogP contribution in [0.4, 0.5) is 0 Å². The molecule has 15 heavy (non-hydrogen) atoms. The third-order valence-corrected chi connectivity index (χ3v) is 3.00. The first-order chi connectivity index (χ1) is 6.92. The number of nitrogens with zero attached hydrogens (tertiary/aromatic N) is 1. The van der Waals surface area contributed by atoms with Gasteiger partial charge in [-0.3, -0.25) is 0 Å². The van der Waals surface area contributed by atoms with Crippen molar-refractivity contribution in [2.75, 3.05) is 0 Å². The van der Waals surface area contributed by atoms with Gasteiger partial charge in [-0.05, 0) is 18.1 Å². The van der Waals surface area contributed by atoms with Crippen LogP contribution in [0.5, 0.6) is 0 Å². The summed E-state index contributed by atoms with van der Waals surface area (Å²) in [6, 6.07) is 3.93. The van der Waals surface area contributed by atoms with Crippen LogP contribution in [-0.2, 0) is 0 Å². The number of aromatic nitrogens is 1. The van der Waals surface area contributed by atoms with E-state index < -0.39 is 0 Å². The van der Waals surface area contributed by atoms with Crippen molar-refractivity contribution in [3.05, 3.63) is 23.9 Å². The van der Waals surface area contributed by atoms with Gasteiger partial charge in [0.15, 0.2) is 0 Å². The molecule has 0 aliphatic carbocycles. The van der Waals surface area contributed by atoms with Gasteiger partial charge in [-0.1, -0.05) is 33.8 Å². The zero-order chi connectivity index (χ0) is 11.5. The molecule has 1 atom stereocenters. The zero-order valence-electron chi connectivity index (χ0n) is 9.82. The van der Waals surface area contributed by atoms with Gasteiger partial charge in [-0.15, -0.1) is 11.8 Å². The lowest BCUT2D eigenvalue weighted by Crippen LogP contribution is -2.07. The molecule has 0 amide bonds. The molecule has 1 N–H and O–H groups in total. The summed E-state index contributed by atoms with van der Waals surface area (Å²) in [5, 5.41) is 10.6. The molecule has 3 heteroatoms. The highest BCUT2D eigenvalue weighted by atomic mass is 32.2. The molecule has 0 spiro atoms. The minimum absolute atomic E-state index is 0.178. The van der Waals surface area contributed by atoms with Crippen LogP contribution in [0.15, 0.2) is 23.4 Å². The summed E-state index contributed by atoms with van der Waals surface area (Å²) < 4.78 is 0.178. The number of rotatable bonds is 3. The van der Waals surface area contributed by atoms with Gasteiger partial charge in [-0.25, -0.2) is 4.98 Å². The van der Waals surface area contributed by atoms with Gasteiger partial charge in [0, 0.05) is 10.9 Å². The summed E-state index contributed by atoms with van der Waals surface area (Å²) in [6.45, 7) is 8.44. The Balaban J connectivity index is 2.72. The van der Waals surface area contributed by atoms with E-state index in [0.717, 1.165) is 17.0 Å². The van der Waals surface area contributed by atoms with E-state index in [2.05, 4.69) is 25.8 Å². The molecule has 0 radical (unpaired) electrons. The van der Waals surface area contributed by atoms with Crippen LogP contribution in [0.25, 0.3) is 0 Å². The molecule has 0 aromatic carbocycles. The van der Waals surface area contributed by atoms with E-state index in [1.54, 1.807) is 18.0 Å². The van der Waals surface area contributed by atoms with Gasteiger partial charge in [0.2, 0.25) is 0 Å². The molecule has 0 unspecified atom stereocenters. The number of thioether (sulfide) groups is 1. The Hall–Kier alpha value is -0.540. The zero-order valence-corrected chi connectivity index (χ0v) is 10.6. The number of pyridine rings is 1. The molecule has 1 heterocycles. The first kappa shape index (κ1) is 12.5. The summed E-state index contributed by atoms with van der Waals surface area (Å²) in [6.07, 6.45) is 2.11. The highest BCUT2D eigenvalue weighted by Crippen LogP contribution is 2.30. The van der Waals surface area contributed by atoms with Gasteiger partial charge in [0.05, 0.1) is 11.1 Å². The van der Waals surface area contributed by atoms with Crippen molar-refractivity contribution in [1.29, 1.82) is 0 Å². The molecule has 1 aromatic heterocycles. The van der Waals surface area contributed by atoms with E-state index in [-0.39, 0.29) is 10.9 Å². The molecule has 1 rings (SSSR count). The Morgan fingerprint density at radius 2 is 2.07 bits per heavy atom. The molecule has 0 fully saturated rings. The minimum Gasteiger partial charge on any atom is -0.388 e. The molecule has 0 aliphatic heterocycles. The first-order valence-electron chi connectivity index (χ1n) is 5.25. The monoisotopic (exact) mass is 225 g/mol. The van der Waals surface area contributed by atoms with Gasteiger partial charge in [0.25, 0.3) is 0 Å². The third kappa shape index (κ3) is 4.22. The van der Waals surface area contributed by atoms with Gasteiger partial charge in [-0.2, -0.15) is 0 Å². The molecule has 0 bridgehead atoms. The molecule has 84 valence electrons. The topological polar surface area (TPSA) is 33.1 Å². The maximum Gasteiger partial charge on any atom is 0.0965 e. The molecule has 0 saturated carbocycles. The fraction of sp³-hybridized carbons (Fsp3) is 0.583. The number of hydrogen-bond donors (Lipinski definition) is 1. The van der Waals surface area contributed by atoms with Gasteiger partial charge in [0.1, 0.15) is 0 Å². The number of hydrogen-bond acceptors (Lipinski definition) is 3. The van der Waals surface area contributed by atoms with Crippen molar-refractivity contribution < 1.29 is 5.11 Å². The van der Waals surface area contributed by atoms with Gasteiger partial charge >= 0.3 is 0 Å². The second-order valence-corrected chi connectivity index (χ2v) is 6.42. The first-order valence-corrected chi connectivity index (χ1v) is 6.07. The Kier molecular flexibility index (Phi) is 4.17. The quantitative estimate of drug-likeness (QED) is 0.800. The van der Waals surface area contributed by atoms with Crippen molar-refractivity contribution in [3.8, 4) is 0 Å². The fourth-order valence-corrected chi connectivity index (χ4v) is 2.07. The van der Waals surface area contributed by atoms with Crippen LogP contribution in [-0.4, -0.2) is 14.8 Å². The Morgan fingerprint density at radius 1 is 1.40 bits per heavy atom. The van der Waals surface area contributed by atoms with Crippen molar-refractivity contribution >= 4 is 11.8 Å². The van der Waals surface area contributed by atoms with E-state index in [4.69, 9.17) is 0 Å². The summed E-state index contributed by atoms with van der Waals surface area (Å²) >= 11 is 1.74. The highest BCUT2D eigenvalue weighted by Gasteiger charge is 2.13. The van der Waals surface area contributed by atoms with Crippen LogP contribution in [0.2, 0.25) is 0 Å². The lowest BCUT2D eigenvalue weighted by molar-refractivity contribution is 0.173. The summed E-state index contributed by atoms with van der Waals surface area (Å²) in [7, 11) is 0. The number of aliphatic hydroxyl groups excluding tert-OH is 1. The van der Waals surface area contributed by atoms with Gasteiger partial charge < -0.3 is 5.11 Å². The van der Waals surface area contributed by atoms with E-state index in [0.29, 0.717) is 0 Å². The maximum atomic E-state index is 9.61. The molecule has 2 nitrogen and oxygen atoms in total. The van der Waals surface area contributed by atoms with Crippen LogP contribution in [0.1, 0.15) is 45.8 Å². The van der Waals surface area contributed by atoms with Crippen LogP contribution < -0.4 is 0 Å². The van der Waals surface area contributed by atoms with E-state index >= 15 is 0 Å². The molecule has 0 aliphatic rings. The van der Waals surface area contributed by atoms with Crippen molar-refractivity contribution in [3.63, 3.8) is 0 Å². The lowest BCUT2D eigenvalue weighted by atomic mass is 10.1. The Labute approximate surface area is 96.1 Å². The Morgan fingerprint density at radius 3 is 2.47 bits per heavy atom. The second-order valence-electron chi connectivity index (χ2n) is 4.57. The van der Waals surface area contributed by atoms with Crippen molar-refractivity contribution in [2.24, 2.45) is 0 Å². The highest BCUT2D eigenvalue weighted by molar-refractivity contribution is 8.00. The second kappa shape index (κ2) is 4.99. The van der Waals surface area contributed by atoms with Crippen LogP contribution in [0, 0.1) is 0 Å². The molecular weight excluding hydrogens is 206 g/mol. The van der Waals surface area contributed by atoms with E-state index in [1.807, 2.05) is 19.1 Å². The normalized spacial score (nSPS) is 13.9. The molecular formula is C12H19NOS. The number of aliphatic hydroxyl groups is 1. The fourth-order valence-electron chi connectivity index (χ4n) is 1.20. The maximum absolute atomic E-state index is 9.61. The summed E-state index contributed by atoms with van der Waals surface area (Å²) in [5.41, 5.74) is 0.899. The van der Waals surface area contributed by atoms with Crippen molar-refractivity contribution in [1.82, 2.24) is 4.98 Å². The standard InChI is InChI=1S/C12H19NOS/c1-5-10(14)9-6-7-11(13-8-9)15-12(2,3)4/h6-8,10,14H,5H2,1-4H3/t10-/m1/s1. The molecule has 1 aromatic rings. The van der Waals surface area contributed by atoms with E-state index in [9.17, 15) is 5.11 Å². The summed E-state index contributed by atoms with van der Waals surface area (Å²) in [5.74, 6) is 0. The van der Waals surface area contributed by atoms with Crippen LogP contribution >= 0.6 is 11.8 Å². The van der Waals surface area contributed by atoms with E-state index in [1.165, 1.54) is 0 Å².